The molecule has 132 valence electrons. The first-order valence-electron chi connectivity index (χ1n) is 8.12. The highest BCUT2D eigenvalue weighted by atomic mass is 19.1. The van der Waals surface area contributed by atoms with Gasteiger partial charge >= 0.3 is 0 Å². The van der Waals surface area contributed by atoms with Gasteiger partial charge in [-0.05, 0) is 48.4 Å². The zero-order chi connectivity index (χ0) is 18.4. The minimum atomic E-state index is -0.378. The van der Waals surface area contributed by atoms with Gasteiger partial charge in [0.1, 0.15) is 17.5 Å². The number of para-hydroxylation sites is 1. The van der Waals surface area contributed by atoms with Crippen LogP contribution in [-0.4, -0.2) is 17.4 Å². The Bertz CT molecular complexity index is 880. The Morgan fingerprint density at radius 1 is 0.962 bits per heavy atom. The lowest BCUT2D eigenvalue weighted by molar-refractivity contribution is 0.0954. The molecule has 4 nitrogen and oxygen atoms in total. The molecule has 0 aliphatic carbocycles. The van der Waals surface area contributed by atoms with Crippen molar-refractivity contribution in [1.29, 1.82) is 0 Å². The van der Waals surface area contributed by atoms with E-state index < -0.39 is 0 Å². The van der Waals surface area contributed by atoms with Crippen LogP contribution >= 0.6 is 0 Å². The lowest BCUT2D eigenvalue weighted by atomic mass is 10.1. The largest absolute Gasteiger partial charge is 0.352 e. The molecule has 6 heteroatoms. The third-order valence-corrected chi connectivity index (χ3v) is 3.77. The van der Waals surface area contributed by atoms with E-state index in [1.807, 2.05) is 0 Å². The molecule has 0 saturated carbocycles. The van der Waals surface area contributed by atoms with Crippen molar-refractivity contribution in [2.45, 2.75) is 6.42 Å². The lowest BCUT2D eigenvalue weighted by Crippen LogP contribution is -2.25. The normalized spacial score (nSPS) is 10.4. The van der Waals surface area contributed by atoms with Crippen LogP contribution in [0.1, 0.15) is 15.9 Å². The summed E-state index contributed by atoms with van der Waals surface area (Å²) < 4.78 is 26.5. The molecule has 2 N–H and O–H groups in total. The molecule has 1 amide bonds. The molecule has 2 aromatic carbocycles. The third kappa shape index (κ3) is 4.63. The van der Waals surface area contributed by atoms with E-state index in [9.17, 15) is 13.6 Å². The van der Waals surface area contributed by atoms with Gasteiger partial charge in [0, 0.05) is 12.7 Å². The Morgan fingerprint density at radius 3 is 2.42 bits per heavy atom. The average molecular weight is 353 g/mol. The van der Waals surface area contributed by atoms with Gasteiger partial charge in [-0.2, -0.15) is 0 Å². The van der Waals surface area contributed by atoms with Gasteiger partial charge in [-0.25, -0.2) is 13.8 Å². The summed E-state index contributed by atoms with van der Waals surface area (Å²) in [7, 11) is 0. The number of carbonyl (C=O) groups is 1. The van der Waals surface area contributed by atoms with Crippen LogP contribution in [0.15, 0.2) is 66.9 Å². The van der Waals surface area contributed by atoms with E-state index in [0.717, 1.165) is 5.56 Å². The number of nitrogens with one attached hydrogen (secondary N) is 2. The number of carbonyl (C=O) groups excluding carboxylic acids is 1. The number of amides is 1. The van der Waals surface area contributed by atoms with Crippen molar-refractivity contribution in [3.05, 3.63) is 89.6 Å². The summed E-state index contributed by atoms with van der Waals surface area (Å²) in [6.07, 6.45) is 2.03. The van der Waals surface area contributed by atoms with Gasteiger partial charge < -0.3 is 10.6 Å². The minimum absolute atomic E-state index is 0.253. The summed E-state index contributed by atoms with van der Waals surface area (Å²) in [6.45, 7) is 0.430. The van der Waals surface area contributed by atoms with Gasteiger partial charge in [0.05, 0.1) is 11.3 Å². The maximum Gasteiger partial charge on any atom is 0.252 e. The number of hydrogen-bond acceptors (Lipinski definition) is 3. The molecule has 0 fully saturated rings. The highest BCUT2D eigenvalue weighted by molar-refractivity contribution is 5.94. The molecule has 1 aromatic heterocycles. The molecule has 0 spiro atoms. The number of rotatable bonds is 6. The molecule has 1 heterocycles. The van der Waals surface area contributed by atoms with Crippen molar-refractivity contribution in [2.75, 3.05) is 11.9 Å². The topological polar surface area (TPSA) is 54.0 Å². The van der Waals surface area contributed by atoms with Gasteiger partial charge in [0.25, 0.3) is 5.91 Å². The summed E-state index contributed by atoms with van der Waals surface area (Å²) in [5.74, 6) is -0.472. The van der Waals surface area contributed by atoms with Crippen LogP contribution in [0.25, 0.3) is 0 Å². The van der Waals surface area contributed by atoms with Gasteiger partial charge in [0.2, 0.25) is 0 Å². The van der Waals surface area contributed by atoms with Crippen molar-refractivity contribution in [1.82, 2.24) is 10.3 Å². The molecule has 0 radical (unpaired) electrons. The minimum Gasteiger partial charge on any atom is -0.352 e. The predicted molar refractivity (Wildman–Crippen MR) is 96.4 cm³/mol. The SMILES string of the molecule is O=C(NCCc1ccc(F)cc1)c1ccc(Nc2ccccc2F)nc1. The second kappa shape index (κ2) is 8.20. The van der Waals surface area contributed by atoms with Crippen molar-refractivity contribution in [3.63, 3.8) is 0 Å². The molecule has 0 atom stereocenters. The van der Waals surface area contributed by atoms with Gasteiger partial charge in [0.15, 0.2) is 0 Å². The molecule has 0 aliphatic heterocycles. The number of halogens is 2. The van der Waals surface area contributed by atoms with Crippen LogP contribution in [0.3, 0.4) is 0 Å². The van der Waals surface area contributed by atoms with E-state index in [1.165, 1.54) is 24.4 Å². The summed E-state index contributed by atoms with van der Waals surface area (Å²) in [6, 6.07) is 15.7. The second-order valence-electron chi connectivity index (χ2n) is 5.67. The third-order valence-electron chi connectivity index (χ3n) is 3.77. The fourth-order valence-corrected chi connectivity index (χ4v) is 2.38. The molecule has 0 bridgehead atoms. The maximum atomic E-state index is 13.6. The molecular formula is C20H17F2N3O. The average Bonchev–Trinajstić information content (AvgIpc) is 2.66. The highest BCUT2D eigenvalue weighted by Crippen LogP contribution is 2.17. The molecule has 3 aromatic rings. The lowest BCUT2D eigenvalue weighted by Gasteiger charge is -2.08. The van der Waals surface area contributed by atoms with Gasteiger partial charge in [-0.1, -0.05) is 24.3 Å². The zero-order valence-electron chi connectivity index (χ0n) is 13.9. The van der Waals surface area contributed by atoms with Crippen LogP contribution in [-0.2, 0) is 6.42 Å². The molecule has 3 rings (SSSR count). The first kappa shape index (κ1) is 17.5. The number of nitrogens with zero attached hydrogens (tertiary/aromatic N) is 1. The quantitative estimate of drug-likeness (QED) is 0.702. The van der Waals surface area contributed by atoms with Crippen LogP contribution in [0.2, 0.25) is 0 Å². The summed E-state index contributed by atoms with van der Waals surface area (Å²) in [5, 5.41) is 5.65. The number of aromatic nitrogens is 1. The summed E-state index contributed by atoms with van der Waals surface area (Å²) in [5.41, 5.74) is 1.66. The molecule has 26 heavy (non-hydrogen) atoms. The van der Waals surface area contributed by atoms with Crippen molar-refractivity contribution < 1.29 is 13.6 Å². The van der Waals surface area contributed by atoms with Crippen LogP contribution in [0.5, 0.6) is 0 Å². The van der Waals surface area contributed by atoms with Crippen LogP contribution in [0, 0.1) is 11.6 Å². The first-order valence-corrected chi connectivity index (χ1v) is 8.12. The van der Waals surface area contributed by atoms with E-state index in [4.69, 9.17) is 0 Å². The van der Waals surface area contributed by atoms with Gasteiger partial charge in [-0.15, -0.1) is 0 Å². The highest BCUT2D eigenvalue weighted by Gasteiger charge is 2.07. The van der Waals surface area contributed by atoms with E-state index in [1.54, 1.807) is 42.5 Å². The number of benzene rings is 2. The van der Waals surface area contributed by atoms with E-state index in [-0.39, 0.29) is 17.5 Å². The smallest absolute Gasteiger partial charge is 0.252 e. The fourth-order valence-electron chi connectivity index (χ4n) is 2.38. The standard InChI is InChI=1S/C20H17F2N3O/c21-16-8-5-14(6-9-16)11-12-23-20(26)15-7-10-19(24-13-15)25-18-4-2-1-3-17(18)22/h1-10,13H,11-12H2,(H,23,26)(H,24,25). The van der Waals surface area contributed by atoms with Crippen LogP contribution < -0.4 is 10.6 Å². The molecule has 0 saturated heterocycles. The van der Waals surface area contributed by atoms with E-state index >= 15 is 0 Å². The maximum absolute atomic E-state index is 13.6. The van der Waals surface area contributed by atoms with E-state index in [2.05, 4.69) is 15.6 Å². The summed E-state index contributed by atoms with van der Waals surface area (Å²) in [4.78, 5) is 16.3. The Hall–Kier alpha value is -3.28. The van der Waals surface area contributed by atoms with Crippen LogP contribution in [0.4, 0.5) is 20.3 Å². The number of anilines is 2. The molecular weight excluding hydrogens is 336 g/mol. The number of pyridine rings is 1. The summed E-state index contributed by atoms with van der Waals surface area (Å²) >= 11 is 0. The Kier molecular flexibility index (Phi) is 5.53. The Labute approximate surface area is 149 Å². The molecule has 0 aliphatic rings. The zero-order valence-corrected chi connectivity index (χ0v) is 13.9. The van der Waals surface area contributed by atoms with Crippen molar-refractivity contribution in [2.24, 2.45) is 0 Å². The molecule has 0 unspecified atom stereocenters. The van der Waals surface area contributed by atoms with Crippen molar-refractivity contribution in [3.8, 4) is 0 Å². The Balaban J connectivity index is 1.53. The van der Waals surface area contributed by atoms with Gasteiger partial charge in [-0.3, -0.25) is 4.79 Å². The first-order chi connectivity index (χ1) is 12.6. The van der Waals surface area contributed by atoms with E-state index in [0.29, 0.717) is 30.0 Å². The number of hydrogen-bond donors (Lipinski definition) is 2. The second-order valence-corrected chi connectivity index (χ2v) is 5.67. The predicted octanol–water partition coefficient (Wildman–Crippen LogP) is 4.08. The van der Waals surface area contributed by atoms with Crippen molar-refractivity contribution >= 4 is 17.4 Å². The monoisotopic (exact) mass is 353 g/mol. The fraction of sp³-hybridized carbons (Fsp3) is 0.100. The Morgan fingerprint density at radius 2 is 1.73 bits per heavy atom.